The Morgan fingerprint density at radius 2 is 1.88 bits per heavy atom. The highest BCUT2D eigenvalue weighted by Crippen LogP contribution is 2.36. The van der Waals surface area contributed by atoms with Crippen LogP contribution in [0.3, 0.4) is 0 Å². The summed E-state index contributed by atoms with van der Waals surface area (Å²) in [7, 11) is -2.07. The third kappa shape index (κ3) is 9.52. The van der Waals surface area contributed by atoms with E-state index in [1.807, 2.05) is 39.1 Å². The smallest absolute Gasteiger partial charge is 0.408 e. The van der Waals surface area contributed by atoms with Crippen LogP contribution in [0, 0.1) is 5.82 Å². The molecule has 0 bridgehead atoms. The number of nitrogens with zero attached hydrogens (tertiary/aromatic N) is 6. The maximum atomic E-state index is 15.2. The van der Waals surface area contributed by atoms with Crippen molar-refractivity contribution in [3.8, 4) is 34.3 Å². The van der Waals surface area contributed by atoms with Gasteiger partial charge in [0.05, 0.1) is 36.8 Å². The van der Waals surface area contributed by atoms with Gasteiger partial charge in [0.2, 0.25) is 0 Å². The van der Waals surface area contributed by atoms with Gasteiger partial charge in [0.25, 0.3) is 5.88 Å². The molecule has 0 radical (unpaired) electrons. The van der Waals surface area contributed by atoms with E-state index >= 15 is 4.39 Å². The fraction of sp³-hybridized carbons (Fsp3) is 0.514. The van der Waals surface area contributed by atoms with E-state index < -0.39 is 25.8 Å². The van der Waals surface area contributed by atoms with Crippen LogP contribution in [0.5, 0.6) is 11.6 Å². The molecule has 0 spiro atoms. The van der Waals surface area contributed by atoms with E-state index in [0.29, 0.717) is 42.5 Å². The monoisotopic (exact) mass is 693 g/mol. The third-order valence-electron chi connectivity index (χ3n) is 8.64. The van der Waals surface area contributed by atoms with Gasteiger partial charge < -0.3 is 24.0 Å². The Hall–Kier alpha value is -4.14. The van der Waals surface area contributed by atoms with Crippen LogP contribution >= 0.6 is 0 Å². The number of ether oxygens (including phenoxy) is 3. The standard InChI is InChI=1S/C35H48FN7O5Si/c1-34(2,3)48-33(44)40-25(23-46-49(7,8)35(4,5)6)22-42-17-15-29(41-42)28-13-12-26(21-37-28)47-32-27(36)19-24(20-38-32)30-14-16-39-43(30)31-11-9-10-18-45-31/h12-17,19-21,25,31H,9-11,18,22-23H2,1-8H3,(H,40,44). The molecule has 1 aliphatic rings. The number of aromatic nitrogens is 6. The van der Waals surface area contributed by atoms with E-state index in [-0.39, 0.29) is 23.2 Å². The Morgan fingerprint density at radius 1 is 1.08 bits per heavy atom. The van der Waals surface area contributed by atoms with Crippen molar-refractivity contribution in [2.24, 2.45) is 0 Å². The second-order valence-electron chi connectivity index (χ2n) is 14.8. The predicted molar refractivity (Wildman–Crippen MR) is 186 cm³/mol. The van der Waals surface area contributed by atoms with Crippen LogP contribution < -0.4 is 10.1 Å². The number of pyridine rings is 2. The van der Waals surface area contributed by atoms with Crippen LogP contribution in [0.15, 0.2) is 55.1 Å². The molecule has 49 heavy (non-hydrogen) atoms. The summed E-state index contributed by atoms with van der Waals surface area (Å²) >= 11 is 0. The number of alkyl carbamates (subject to hydrolysis) is 1. The van der Waals surface area contributed by atoms with Gasteiger partial charge in [-0.2, -0.15) is 10.2 Å². The second kappa shape index (κ2) is 14.8. The van der Waals surface area contributed by atoms with Gasteiger partial charge in [0.1, 0.15) is 17.0 Å². The van der Waals surface area contributed by atoms with Crippen molar-refractivity contribution in [3.63, 3.8) is 0 Å². The van der Waals surface area contributed by atoms with Gasteiger partial charge in [-0.3, -0.25) is 9.67 Å². The lowest BCUT2D eigenvalue weighted by atomic mass is 10.1. The number of hydrogen-bond donors (Lipinski definition) is 1. The summed E-state index contributed by atoms with van der Waals surface area (Å²) in [6.45, 7) is 17.7. The molecule has 0 aromatic carbocycles. The zero-order valence-electron chi connectivity index (χ0n) is 29.7. The Labute approximate surface area is 288 Å². The molecule has 0 saturated carbocycles. The Bertz CT molecular complexity index is 1710. The average molecular weight is 694 g/mol. The van der Waals surface area contributed by atoms with Gasteiger partial charge in [0.15, 0.2) is 20.4 Å². The summed E-state index contributed by atoms with van der Waals surface area (Å²) in [5, 5.41) is 12.1. The minimum atomic E-state index is -2.07. The lowest BCUT2D eigenvalue weighted by Gasteiger charge is -2.37. The first-order valence-corrected chi connectivity index (χ1v) is 19.6. The van der Waals surface area contributed by atoms with E-state index in [4.69, 9.17) is 18.6 Å². The highest BCUT2D eigenvalue weighted by molar-refractivity contribution is 6.74. The van der Waals surface area contributed by atoms with Crippen molar-refractivity contribution < 1.29 is 27.8 Å². The Morgan fingerprint density at radius 3 is 2.53 bits per heavy atom. The molecular weight excluding hydrogens is 646 g/mol. The number of carbonyl (C=O) groups is 1. The minimum absolute atomic E-state index is 0.0177. The number of amides is 1. The fourth-order valence-corrected chi connectivity index (χ4v) is 6.05. The molecule has 1 fully saturated rings. The average Bonchev–Trinajstić information content (AvgIpc) is 3.71. The first-order valence-electron chi connectivity index (χ1n) is 16.7. The molecule has 4 aromatic heterocycles. The van der Waals surface area contributed by atoms with Crippen molar-refractivity contribution in [1.82, 2.24) is 34.8 Å². The highest BCUT2D eigenvalue weighted by Gasteiger charge is 2.38. The molecule has 1 saturated heterocycles. The number of hydrogen-bond acceptors (Lipinski definition) is 9. The van der Waals surface area contributed by atoms with E-state index in [1.54, 1.807) is 33.9 Å². The van der Waals surface area contributed by atoms with Crippen LogP contribution in [0.4, 0.5) is 9.18 Å². The van der Waals surface area contributed by atoms with Crippen LogP contribution in [-0.4, -0.2) is 68.8 Å². The zero-order valence-corrected chi connectivity index (χ0v) is 30.7. The molecule has 14 heteroatoms. The first kappa shape index (κ1) is 36.1. The summed E-state index contributed by atoms with van der Waals surface area (Å²) in [4.78, 5) is 21.4. The topological polar surface area (TPSA) is 127 Å². The first-order chi connectivity index (χ1) is 23.1. The number of halogens is 1. The van der Waals surface area contributed by atoms with Crippen LogP contribution in [0.1, 0.15) is 67.0 Å². The minimum Gasteiger partial charge on any atom is -0.444 e. The fourth-order valence-electron chi connectivity index (χ4n) is 5.00. The molecule has 5 rings (SSSR count). The molecule has 5 heterocycles. The van der Waals surface area contributed by atoms with E-state index in [0.717, 1.165) is 25.0 Å². The van der Waals surface area contributed by atoms with E-state index in [9.17, 15) is 4.79 Å². The van der Waals surface area contributed by atoms with E-state index in [2.05, 4.69) is 59.3 Å². The lowest BCUT2D eigenvalue weighted by molar-refractivity contribution is -0.0383. The van der Waals surface area contributed by atoms with Crippen molar-refractivity contribution >= 4 is 14.4 Å². The number of nitrogens with one attached hydrogen (secondary N) is 1. The summed E-state index contributed by atoms with van der Waals surface area (Å²) in [5.74, 6) is -0.442. The molecule has 12 nitrogen and oxygen atoms in total. The van der Waals surface area contributed by atoms with Crippen molar-refractivity contribution in [3.05, 3.63) is 60.9 Å². The second-order valence-corrected chi connectivity index (χ2v) is 19.6. The Balaban J connectivity index is 1.24. The molecule has 1 amide bonds. The number of rotatable bonds is 11. The number of carbonyl (C=O) groups excluding carboxylic acids is 1. The third-order valence-corrected chi connectivity index (χ3v) is 13.1. The van der Waals surface area contributed by atoms with Crippen molar-refractivity contribution in [1.29, 1.82) is 0 Å². The van der Waals surface area contributed by atoms with Crippen LogP contribution in [-0.2, 0) is 20.4 Å². The Kier molecular flexibility index (Phi) is 10.9. The molecular formula is C35H48FN7O5Si. The summed E-state index contributed by atoms with van der Waals surface area (Å²) in [6.07, 6.45) is 8.81. The highest BCUT2D eigenvalue weighted by atomic mass is 28.4. The van der Waals surface area contributed by atoms with Crippen molar-refractivity contribution in [2.75, 3.05) is 13.2 Å². The largest absolute Gasteiger partial charge is 0.444 e. The van der Waals surface area contributed by atoms with Gasteiger partial charge in [-0.1, -0.05) is 20.8 Å². The molecule has 1 aliphatic heterocycles. The maximum absolute atomic E-state index is 15.2. The van der Waals surface area contributed by atoms with Gasteiger partial charge in [-0.15, -0.1) is 0 Å². The summed E-state index contributed by atoms with van der Waals surface area (Å²) in [5.41, 5.74) is 1.90. The molecule has 264 valence electrons. The van der Waals surface area contributed by atoms with Gasteiger partial charge in [-0.25, -0.2) is 18.9 Å². The summed E-state index contributed by atoms with van der Waals surface area (Å²) < 4.78 is 42.2. The zero-order chi connectivity index (χ0) is 35.4. The van der Waals surface area contributed by atoms with Gasteiger partial charge in [0, 0.05) is 30.8 Å². The predicted octanol–water partition coefficient (Wildman–Crippen LogP) is 7.75. The summed E-state index contributed by atoms with van der Waals surface area (Å²) in [6, 6.07) is 8.09. The van der Waals surface area contributed by atoms with Gasteiger partial charge in [-0.05, 0) is 88.5 Å². The molecule has 1 N–H and O–H groups in total. The quantitative estimate of drug-likeness (QED) is 0.157. The lowest BCUT2D eigenvalue weighted by Crippen LogP contribution is -2.48. The molecule has 2 atom stereocenters. The van der Waals surface area contributed by atoms with Crippen LogP contribution in [0.2, 0.25) is 18.1 Å². The maximum Gasteiger partial charge on any atom is 0.408 e. The molecule has 4 aromatic rings. The molecule has 0 aliphatic carbocycles. The van der Waals surface area contributed by atoms with Gasteiger partial charge >= 0.3 is 6.09 Å². The SMILES string of the molecule is CC(C)(C)OC(=O)NC(CO[Si](C)(C)C(C)(C)C)Cn1ccc(-c2ccc(Oc3ncc(-c4ccnn4C4CCCCO4)cc3F)cn2)n1. The van der Waals surface area contributed by atoms with E-state index in [1.165, 1.54) is 12.3 Å². The van der Waals surface area contributed by atoms with Crippen molar-refractivity contribution in [2.45, 2.75) is 103 Å². The van der Waals surface area contributed by atoms with Crippen LogP contribution in [0.25, 0.3) is 22.6 Å². The normalized spacial score (nSPS) is 16.3. The molecule has 2 unspecified atom stereocenters.